The molecule has 0 saturated heterocycles. The second-order valence-electron chi connectivity index (χ2n) is 5.56. The minimum atomic E-state index is -0.553. The number of hydrogen-bond donors (Lipinski definition) is 1. The molecular weight excluding hydrogens is 246 g/mol. The van der Waals surface area contributed by atoms with Crippen LogP contribution in [0.3, 0.4) is 0 Å². The van der Waals surface area contributed by atoms with E-state index in [9.17, 15) is 4.79 Å². The highest BCUT2D eigenvalue weighted by molar-refractivity contribution is 5.88. The Kier molecular flexibility index (Phi) is 3.31. The molecule has 0 heterocycles. The van der Waals surface area contributed by atoms with Crippen LogP contribution in [0.25, 0.3) is 0 Å². The van der Waals surface area contributed by atoms with Crippen molar-refractivity contribution in [1.82, 2.24) is 0 Å². The van der Waals surface area contributed by atoms with Gasteiger partial charge in [0.25, 0.3) is 0 Å². The van der Waals surface area contributed by atoms with Crippen LogP contribution in [0.5, 0.6) is 0 Å². The Morgan fingerprint density at radius 2 is 1.60 bits per heavy atom. The predicted octanol–water partition coefficient (Wildman–Crippen LogP) is 3.38. The molecule has 1 aliphatic rings. The van der Waals surface area contributed by atoms with Crippen molar-refractivity contribution in [3.8, 4) is 0 Å². The van der Waals surface area contributed by atoms with Crippen LogP contribution in [0.2, 0.25) is 0 Å². The molecule has 2 heteroatoms. The molecule has 0 bridgehead atoms. The molecule has 2 aromatic rings. The van der Waals surface area contributed by atoms with Gasteiger partial charge in [-0.05, 0) is 24.0 Å². The maximum atomic E-state index is 12.3. The summed E-state index contributed by atoms with van der Waals surface area (Å²) >= 11 is 0. The Balaban J connectivity index is 2.13. The van der Waals surface area contributed by atoms with E-state index in [0.29, 0.717) is 0 Å². The summed E-state index contributed by atoms with van der Waals surface area (Å²) in [6, 6.07) is 20.3. The van der Waals surface area contributed by atoms with Crippen LogP contribution in [0.15, 0.2) is 60.7 Å². The summed E-state index contributed by atoms with van der Waals surface area (Å²) in [4.78, 5) is 12.3. The largest absolute Gasteiger partial charge is 0.369 e. The fourth-order valence-electron chi connectivity index (χ4n) is 3.66. The van der Waals surface area contributed by atoms with Gasteiger partial charge in [-0.1, -0.05) is 67.1 Å². The molecule has 0 aromatic heterocycles. The van der Waals surface area contributed by atoms with Crippen molar-refractivity contribution >= 4 is 5.91 Å². The number of hydrogen-bond acceptors (Lipinski definition) is 1. The van der Waals surface area contributed by atoms with Crippen LogP contribution >= 0.6 is 0 Å². The molecule has 0 aliphatic heterocycles. The molecule has 3 rings (SSSR count). The molecule has 2 nitrogen and oxygen atoms in total. The van der Waals surface area contributed by atoms with E-state index in [4.69, 9.17) is 5.73 Å². The molecule has 1 saturated carbocycles. The zero-order valence-corrected chi connectivity index (χ0v) is 11.5. The highest BCUT2D eigenvalue weighted by atomic mass is 16.1. The Hall–Kier alpha value is -2.09. The van der Waals surface area contributed by atoms with Crippen LogP contribution in [-0.4, -0.2) is 5.91 Å². The Bertz CT molecular complexity index is 593. The summed E-state index contributed by atoms with van der Waals surface area (Å²) < 4.78 is 0. The van der Waals surface area contributed by atoms with Crippen LogP contribution < -0.4 is 5.73 Å². The molecule has 1 fully saturated rings. The van der Waals surface area contributed by atoms with E-state index < -0.39 is 5.41 Å². The third-order valence-electron chi connectivity index (χ3n) is 4.59. The molecule has 1 aliphatic carbocycles. The SMILES string of the molecule is NC(=O)C1(c2ccccc2)CCCC1c1ccccc1. The van der Waals surface area contributed by atoms with E-state index >= 15 is 0 Å². The molecule has 2 N–H and O–H groups in total. The van der Waals surface area contributed by atoms with Gasteiger partial charge in [-0.3, -0.25) is 4.79 Å². The van der Waals surface area contributed by atoms with E-state index in [1.165, 1.54) is 5.56 Å². The zero-order chi connectivity index (χ0) is 14.0. The lowest BCUT2D eigenvalue weighted by molar-refractivity contribution is -0.123. The fraction of sp³-hybridized carbons (Fsp3) is 0.278. The molecule has 2 atom stereocenters. The average Bonchev–Trinajstić information content (AvgIpc) is 2.95. The van der Waals surface area contributed by atoms with Crippen molar-refractivity contribution in [3.05, 3.63) is 71.8 Å². The van der Waals surface area contributed by atoms with Crippen LogP contribution in [0.4, 0.5) is 0 Å². The Morgan fingerprint density at radius 1 is 1.00 bits per heavy atom. The van der Waals surface area contributed by atoms with Crippen molar-refractivity contribution in [3.63, 3.8) is 0 Å². The van der Waals surface area contributed by atoms with E-state index in [1.54, 1.807) is 0 Å². The number of benzene rings is 2. The van der Waals surface area contributed by atoms with Gasteiger partial charge < -0.3 is 5.73 Å². The second-order valence-corrected chi connectivity index (χ2v) is 5.56. The number of nitrogens with two attached hydrogens (primary N) is 1. The fourth-order valence-corrected chi connectivity index (χ4v) is 3.66. The standard InChI is InChI=1S/C18H19NO/c19-17(20)18(15-10-5-2-6-11-15)13-7-12-16(18)14-8-3-1-4-9-14/h1-6,8-11,16H,7,12-13H2,(H2,19,20). The van der Waals surface area contributed by atoms with Crippen molar-refractivity contribution < 1.29 is 4.79 Å². The van der Waals surface area contributed by atoms with Crippen molar-refractivity contribution in [2.45, 2.75) is 30.6 Å². The smallest absolute Gasteiger partial charge is 0.228 e. The monoisotopic (exact) mass is 265 g/mol. The summed E-state index contributed by atoms with van der Waals surface area (Å²) in [5.41, 5.74) is 7.57. The highest BCUT2D eigenvalue weighted by Gasteiger charge is 2.49. The molecule has 20 heavy (non-hydrogen) atoms. The van der Waals surface area contributed by atoms with Gasteiger partial charge in [-0.2, -0.15) is 0 Å². The lowest BCUT2D eigenvalue weighted by Gasteiger charge is -2.33. The number of carbonyl (C=O) groups excluding carboxylic acids is 1. The third kappa shape index (κ3) is 1.92. The van der Waals surface area contributed by atoms with Gasteiger partial charge in [-0.25, -0.2) is 0 Å². The first kappa shape index (κ1) is 12.9. The minimum absolute atomic E-state index is 0.184. The third-order valence-corrected chi connectivity index (χ3v) is 4.59. The summed E-state index contributed by atoms with van der Waals surface area (Å²) in [6.45, 7) is 0. The molecule has 2 aromatic carbocycles. The van der Waals surface area contributed by atoms with E-state index in [1.807, 2.05) is 48.5 Å². The topological polar surface area (TPSA) is 43.1 Å². The Morgan fingerprint density at radius 3 is 2.20 bits per heavy atom. The number of primary amides is 1. The van der Waals surface area contributed by atoms with E-state index in [2.05, 4.69) is 12.1 Å². The predicted molar refractivity (Wildman–Crippen MR) is 80.3 cm³/mol. The van der Waals surface area contributed by atoms with Gasteiger partial charge in [0.15, 0.2) is 0 Å². The maximum Gasteiger partial charge on any atom is 0.228 e. The van der Waals surface area contributed by atoms with Crippen LogP contribution in [-0.2, 0) is 10.2 Å². The number of carbonyl (C=O) groups is 1. The second kappa shape index (κ2) is 5.12. The van der Waals surface area contributed by atoms with Gasteiger partial charge >= 0.3 is 0 Å². The molecule has 1 amide bonds. The molecule has 2 unspecified atom stereocenters. The summed E-state index contributed by atoms with van der Waals surface area (Å²) in [7, 11) is 0. The molecule has 102 valence electrons. The van der Waals surface area contributed by atoms with Gasteiger partial charge in [-0.15, -0.1) is 0 Å². The minimum Gasteiger partial charge on any atom is -0.369 e. The highest BCUT2D eigenvalue weighted by Crippen LogP contribution is 2.50. The lowest BCUT2D eigenvalue weighted by atomic mass is 9.69. The van der Waals surface area contributed by atoms with Crippen molar-refractivity contribution in [2.24, 2.45) is 5.73 Å². The van der Waals surface area contributed by atoms with Gasteiger partial charge in [0.2, 0.25) is 5.91 Å². The van der Waals surface area contributed by atoms with Crippen molar-refractivity contribution in [2.75, 3.05) is 0 Å². The van der Waals surface area contributed by atoms with Gasteiger partial charge in [0.05, 0.1) is 5.41 Å². The van der Waals surface area contributed by atoms with Gasteiger partial charge in [0, 0.05) is 5.92 Å². The Labute approximate surface area is 119 Å². The summed E-state index contributed by atoms with van der Waals surface area (Å²) in [5, 5.41) is 0. The van der Waals surface area contributed by atoms with Gasteiger partial charge in [0.1, 0.15) is 0 Å². The normalized spacial score (nSPS) is 25.5. The lowest BCUT2D eigenvalue weighted by Crippen LogP contribution is -2.43. The number of rotatable bonds is 3. The number of amides is 1. The first-order chi connectivity index (χ1) is 9.75. The summed E-state index contributed by atoms with van der Waals surface area (Å²) in [6.07, 6.45) is 2.89. The van der Waals surface area contributed by atoms with E-state index in [0.717, 1.165) is 24.8 Å². The quantitative estimate of drug-likeness (QED) is 0.908. The van der Waals surface area contributed by atoms with E-state index in [-0.39, 0.29) is 11.8 Å². The van der Waals surface area contributed by atoms with Crippen LogP contribution in [0.1, 0.15) is 36.3 Å². The van der Waals surface area contributed by atoms with Crippen LogP contribution in [0, 0.1) is 0 Å². The maximum absolute atomic E-state index is 12.3. The first-order valence-electron chi connectivity index (χ1n) is 7.15. The van der Waals surface area contributed by atoms with Crippen molar-refractivity contribution in [1.29, 1.82) is 0 Å². The zero-order valence-electron chi connectivity index (χ0n) is 11.5. The summed E-state index contributed by atoms with van der Waals surface area (Å²) in [5.74, 6) is -0.0151. The molecule has 0 radical (unpaired) electrons. The molecular formula is C18H19NO. The molecule has 0 spiro atoms. The first-order valence-corrected chi connectivity index (χ1v) is 7.15. The average molecular weight is 265 g/mol.